The molecular weight excluding hydrogens is 132 g/mol. The third-order valence-corrected chi connectivity index (χ3v) is 1.06. The largest absolute Gasteiger partial charge is 0.389 e. The number of hydrogen-bond acceptors (Lipinski definition) is 3. The zero-order valence-electron chi connectivity index (χ0n) is 5.79. The zero-order chi connectivity index (χ0) is 7.11. The third kappa shape index (κ3) is 5.30. The molecule has 0 saturated carbocycles. The van der Waals surface area contributed by atoms with Crippen LogP contribution in [0.3, 0.4) is 0 Å². The molecule has 9 heavy (non-hydrogen) atoms. The third-order valence-electron chi connectivity index (χ3n) is 0.451. The van der Waals surface area contributed by atoms with Crippen molar-refractivity contribution in [3.8, 4) is 0 Å². The highest BCUT2D eigenvalue weighted by molar-refractivity contribution is 7.13. The second-order valence-corrected chi connectivity index (χ2v) is 2.53. The standard InChI is InChI=1S/C3H4N2S.C3H8/c4-3-1-5-2-6-3;1-3-2/h1-2H,4H2;3H2,1-2H3. The average molecular weight is 144 g/mol. The molecule has 0 saturated heterocycles. The lowest BCUT2D eigenvalue weighted by Crippen LogP contribution is -1.73. The van der Waals surface area contributed by atoms with Crippen molar-refractivity contribution in [3.63, 3.8) is 0 Å². The predicted molar refractivity (Wildman–Crippen MR) is 42.5 cm³/mol. The molecule has 0 aliphatic heterocycles. The van der Waals surface area contributed by atoms with Gasteiger partial charge in [0.15, 0.2) is 0 Å². The highest BCUT2D eigenvalue weighted by Crippen LogP contribution is 2.04. The van der Waals surface area contributed by atoms with Crippen LogP contribution < -0.4 is 5.73 Å². The van der Waals surface area contributed by atoms with Crippen LogP contribution in [-0.4, -0.2) is 4.98 Å². The molecule has 3 heteroatoms. The van der Waals surface area contributed by atoms with Crippen molar-refractivity contribution >= 4 is 16.3 Å². The first-order valence-electron chi connectivity index (χ1n) is 2.95. The Hall–Kier alpha value is -0.570. The summed E-state index contributed by atoms with van der Waals surface area (Å²) in [6, 6.07) is 0. The van der Waals surface area contributed by atoms with E-state index >= 15 is 0 Å². The first-order valence-corrected chi connectivity index (χ1v) is 3.83. The van der Waals surface area contributed by atoms with Crippen molar-refractivity contribution in [2.75, 3.05) is 5.73 Å². The number of nitrogens with two attached hydrogens (primary N) is 1. The summed E-state index contributed by atoms with van der Waals surface area (Å²) in [6.07, 6.45) is 2.88. The fourth-order valence-electron chi connectivity index (χ4n) is 0.226. The number of aromatic nitrogens is 1. The Morgan fingerprint density at radius 3 is 2.33 bits per heavy atom. The number of nitrogens with zero attached hydrogens (tertiary/aromatic N) is 1. The first kappa shape index (κ1) is 8.43. The molecule has 52 valence electrons. The van der Waals surface area contributed by atoms with Gasteiger partial charge in [-0.1, -0.05) is 20.3 Å². The Morgan fingerprint density at radius 2 is 2.22 bits per heavy atom. The van der Waals surface area contributed by atoms with E-state index in [-0.39, 0.29) is 0 Å². The second-order valence-electron chi connectivity index (χ2n) is 1.61. The van der Waals surface area contributed by atoms with Crippen LogP contribution in [0.15, 0.2) is 11.7 Å². The van der Waals surface area contributed by atoms with Crippen molar-refractivity contribution in [1.29, 1.82) is 0 Å². The summed E-state index contributed by atoms with van der Waals surface area (Å²) in [5, 5.41) is 0.773. The molecule has 2 nitrogen and oxygen atoms in total. The number of rotatable bonds is 0. The SMILES string of the molecule is CCC.Nc1cncs1. The minimum atomic E-state index is 0.773. The summed E-state index contributed by atoms with van der Waals surface area (Å²) < 4.78 is 0. The second kappa shape index (κ2) is 5.56. The van der Waals surface area contributed by atoms with E-state index in [9.17, 15) is 0 Å². The molecule has 0 atom stereocenters. The summed E-state index contributed by atoms with van der Waals surface area (Å²) >= 11 is 1.44. The molecule has 0 aliphatic carbocycles. The van der Waals surface area contributed by atoms with Crippen LogP contribution in [-0.2, 0) is 0 Å². The van der Waals surface area contributed by atoms with Crippen molar-refractivity contribution in [1.82, 2.24) is 4.98 Å². The van der Waals surface area contributed by atoms with E-state index in [1.165, 1.54) is 17.8 Å². The van der Waals surface area contributed by atoms with Gasteiger partial charge in [0.1, 0.15) is 5.00 Å². The van der Waals surface area contributed by atoms with Gasteiger partial charge in [-0.3, -0.25) is 4.98 Å². The molecule has 0 bridgehead atoms. The monoisotopic (exact) mass is 144 g/mol. The predicted octanol–water partition coefficient (Wildman–Crippen LogP) is 2.14. The zero-order valence-corrected chi connectivity index (χ0v) is 6.61. The minimum absolute atomic E-state index is 0.773. The molecule has 0 unspecified atom stereocenters. The molecule has 1 heterocycles. The van der Waals surface area contributed by atoms with E-state index in [0.29, 0.717) is 0 Å². The van der Waals surface area contributed by atoms with Gasteiger partial charge in [-0.05, 0) is 0 Å². The summed E-state index contributed by atoms with van der Waals surface area (Å²) in [4.78, 5) is 3.72. The molecule has 1 aromatic heterocycles. The summed E-state index contributed by atoms with van der Waals surface area (Å²) in [7, 11) is 0. The van der Waals surface area contributed by atoms with Crippen molar-refractivity contribution < 1.29 is 0 Å². The van der Waals surface area contributed by atoms with Crippen LogP contribution in [0.1, 0.15) is 20.3 Å². The molecule has 1 rings (SSSR count). The quantitative estimate of drug-likeness (QED) is 0.606. The Morgan fingerprint density at radius 1 is 1.67 bits per heavy atom. The van der Waals surface area contributed by atoms with Gasteiger partial charge in [-0.2, -0.15) is 0 Å². The molecule has 0 spiro atoms. The molecule has 0 fully saturated rings. The van der Waals surface area contributed by atoms with Gasteiger partial charge in [0.05, 0.1) is 11.7 Å². The van der Waals surface area contributed by atoms with Gasteiger partial charge in [0.2, 0.25) is 0 Å². The van der Waals surface area contributed by atoms with Crippen molar-refractivity contribution in [2.24, 2.45) is 0 Å². The van der Waals surface area contributed by atoms with Crippen LogP contribution >= 0.6 is 11.3 Å². The summed E-state index contributed by atoms with van der Waals surface area (Å²) in [5.41, 5.74) is 6.94. The van der Waals surface area contributed by atoms with E-state index in [2.05, 4.69) is 18.8 Å². The summed E-state index contributed by atoms with van der Waals surface area (Å²) in [5.74, 6) is 0. The van der Waals surface area contributed by atoms with E-state index in [0.717, 1.165) is 5.00 Å². The Kier molecular flexibility index (Phi) is 5.21. The lowest BCUT2D eigenvalue weighted by Gasteiger charge is -1.66. The number of anilines is 1. The van der Waals surface area contributed by atoms with Gasteiger partial charge in [-0.15, -0.1) is 11.3 Å². The summed E-state index contributed by atoms with van der Waals surface area (Å²) in [6.45, 7) is 4.25. The topological polar surface area (TPSA) is 38.9 Å². The molecule has 0 aliphatic rings. The normalized spacial score (nSPS) is 7.78. The van der Waals surface area contributed by atoms with Gasteiger partial charge in [-0.25, -0.2) is 0 Å². The fourth-order valence-corrected chi connectivity index (χ4v) is 0.591. The highest BCUT2D eigenvalue weighted by atomic mass is 32.1. The Balaban J connectivity index is 0.000000187. The van der Waals surface area contributed by atoms with Gasteiger partial charge < -0.3 is 5.73 Å². The number of hydrogen-bond donors (Lipinski definition) is 1. The average Bonchev–Trinajstić information content (AvgIpc) is 2.20. The lowest BCUT2D eigenvalue weighted by molar-refractivity contribution is 1.09. The molecule has 2 N–H and O–H groups in total. The smallest absolute Gasteiger partial charge is 0.106 e. The van der Waals surface area contributed by atoms with Crippen LogP contribution in [0.5, 0.6) is 0 Å². The Labute approximate surface area is 59.7 Å². The molecule has 0 aromatic carbocycles. The fraction of sp³-hybridized carbons (Fsp3) is 0.500. The van der Waals surface area contributed by atoms with Crippen LogP contribution in [0.4, 0.5) is 5.00 Å². The van der Waals surface area contributed by atoms with Gasteiger partial charge in [0.25, 0.3) is 0 Å². The highest BCUT2D eigenvalue weighted by Gasteiger charge is 1.76. The first-order chi connectivity index (χ1) is 4.31. The molecule has 1 aromatic rings. The van der Waals surface area contributed by atoms with E-state index in [4.69, 9.17) is 5.73 Å². The molecule has 0 amide bonds. The van der Waals surface area contributed by atoms with Crippen molar-refractivity contribution in [3.05, 3.63) is 11.7 Å². The van der Waals surface area contributed by atoms with Crippen LogP contribution in [0.2, 0.25) is 0 Å². The van der Waals surface area contributed by atoms with Crippen LogP contribution in [0.25, 0.3) is 0 Å². The van der Waals surface area contributed by atoms with Gasteiger partial charge >= 0.3 is 0 Å². The Bertz CT molecular complexity index is 126. The maximum Gasteiger partial charge on any atom is 0.106 e. The number of nitrogen functional groups attached to an aromatic ring is 1. The minimum Gasteiger partial charge on any atom is -0.389 e. The van der Waals surface area contributed by atoms with Crippen molar-refractivity contribution in [2.45, 2.75) is 20.3 Å². The maximum absolute atomic E-state index is 5.23. The van der Waals surface area contributed by atoms with Gasteiger partial charge in [0, 0.05) is 0 Å². The lowest BCUT2D eigenvalue weighted by atomic mass is 10.6. The van der Waals surface area contributed by atoms with E-state index < -0.39 is 0 Å². The van der Waals surface area contributed by atoms with Crippen LogP contribution in [0, 0.1) is 0 Å². The van der Waals surface area contributed by atoms with E-state index in [1.807, 2.05) is 0 Å². The molecule has 0 radical (unpaired) electrons. The molecular formula is C6H12N2S. The maximum atomic E-state index is 5.23. The number of thiazole rings is 1. The van der Waals surface area contributed by atoms with E-state index in [1.54, 1.807) is 11.7 Å².